The first-order valence-corrected chi connectivity index (χ1v) is 11.8. The third kappa shape index (κ3) is 6.00. The van der Waals surface area contributed by atoms with Crippen LogP contribution in [0, 0.1) is 0 Å². The number of aliphatic imine (C=N–C) groups is 1. The van der Waals surface area contributed by atoms with Crippen LogP contribution in [0.2, 0.25) is 0 Å². The van der Waals surface area contributed by atoms with Crippen molar-refractivity contribution in [1.29, 1.82) is 0 Å². The third-order valence-electron chi connectivity index (χ3n) is 3.68. The molecule has 0 saturated heterocycles. The van der Waals surface area contributed by atoms with Gasteiger partial charge in [0, 0.05) is 30.9 Å². The van der Waals surface area contributed by atoms with Crippen molar-refractivity contribution in [3.05, 3.63) is 33.1 Å². The van der Waals surface area contributed by atoms with Gasteiger partial charge in [0.05, 0.1) is 18.8 Å². The van der Waals surface area contributed by atoms with Crippen LogP contribution in [0.4, 0.5) is 0 Å². The zero-order chi connectivity index (χ0) is 20.0. The molecule has 0 saturated carbocycles. The molecule has 2 heterocycles. The Hall–Kier alpha value is -1.49. The van der Waals surface area contributed by atoms with Crippen molar-refractivity contribution in [2.45, 2.75) is 44.0 Å². The molecule has 2 aromatic heterocycles. The maximum atomic E-state index is 12.2. The summed E-state index contributed by atoms with van der Waals surface area (Å²) in [5, 5.41) is 9.58. The van der Waals surface area contributed by atoms with Crippen molar-refractivity contribution >= 4 is 38.7 Å². The minimum absolute atomic E-state index is 0.333. The van der Waals surface area contributed by atoms with Gasteiger partial charge in [-0.2, -0.15) is 0 Å². The molecule has 0 radical (unpaired) electrons. The second-order valence-corrected chi connectivity index (χ2v) is 10.9. The lowest BCUT2D eigenvalue weighted by Gasteiger charge is -2.10. The van der Waals surface area contributed by atoms with E-state index in [0.29, 0.717) is 29.2 Å². The molecule has 0 aliphatic carbocycles. The summed E-state index contributed by atoms with van der Waals surface area (Å²) in [6.45, 7) is 8.02. The maximum absolute atomic E-state index is 12.2. The van der Waals surface area contributed by atoms with E-state index in [0.717, 1.165) is 22.1 Å². The molecule has 0 spiro atoms. The number of guanidine groups is 1. The number of sulfonamides is 1. The van der Waals surface area contributed by atoms with Gasteiger partial charge in [-0.25, -0.2) is 22.7 Å². The average molecular weight is 430 g/mol. The number of hydrogen-bond acceptors (Lipinski definition) is 6. The molecule has 0 amide bonds. The molecular formula is C17H27N5O2S3. The molecule has 0 fully saturated rings. The van der Waals surface area contributed by atoms with Crippen molar-refractivity contribution in [1.82, 2.24) is 19.9 Å². The average Bonchev–Trinajstić information content (AvgIpc) is 3.27. The van der Waals surface area contributed by atoms with E-state index in [1.165, 1.54) is 29.7 Å². The minimum atomic E-state index is -3.39. The van der Waals surface area contributed by atoms with Crippen LogP contribution in [-0.4, -0.2) is 44.3 Å². The van der Waals surface area contributed by atoms with Crippen LogP contribution in [0.15, 0.2) is 26.7 Å². The van der Waals surface area contributed by atoms with E-state index in [2.05, 4.69) is 39.8 Å². The maximum Gasteiger partial charge on any atom is 0.252 e. The molecule has 150 valence electrons. The largest absolute Gasteiger partial charge is 0.357 e. The van der Waals surface area contributed by atoms with E-state index >= 15 is 0 Å². The van der Waals surface area contributed by atoms with E-state index in [1.54, 1.807) is 17.4 Å². The predicted molar refractivity (Wildman–Crippen MR) is 113 cm³/mol. The summed E-state index contributed by atoms with van der Waals surface area (Å²) in [4.78, 5) is 10.1. The lowest BCUT2D eigenvalue weighted by atomic mass is 10.2. The topological polar surface area (TPSA) is 86.7 Å². The molecule has 2 rings (SSSR count). The molecule has 2 aromatic rings. The summed E-state index contributed by atoms with van der Waals surface area (Å²) in [6.07, 6.45) is 0. The zero-order valence-corrected chi connectivity index (χ0v) is 18.8. The Morgan fingerprint density at radius 3 is 2.63 bits per heavy atom. The van der Waals surface area contributed by atoms with Crippen LogP contribution in [0.25, 0.3) is 0 Å². The molecule has 0 aliphatic rings. The van der Waals surface area contributed by atoms with E-state index in [4.69, 9.17) is 0 Å². The fourth-order valence-electron chi connectivity index (χ4n) is 2.09. The van der Waals surface area contributed by atoms with Gasteiger partial charge in [0.15, 0.2) is 5.96 Å². The highest BCUT2D eigenvalue weighted by Crippen LogP contribution is 2.24. The van der Waals surface area contributed by atoms with E-state index in [1.807, 2.05) is 13.0 Å². The van der Waals surface area contributed by atoms with Gasteiger partial charge < -0.3 is 10.6 Å². The lowest BCUT2D eigenvalue weighted by Crippen LogP contribution is -2.36. The van der Waals surface area contributed by atoms with Crippen molar-refractivity contribution in [3.8, 4) is 0 Å². The Labute approximate surface area is 169 Å². The van der Waals surface area contributed by atoms with E-state index in [9.17, 15) is 8.42 Å². The highest BCUT2D eigenvalue weighted by molar-refractivity contribution is 7.91. The zero-order valence-electron chi connectivity index (χ0n) is 16.3. The smallest absolute Gasteiger partial charge is 0.252 e. The lowest BCUT2D eigenvalue weighted by molar-refractivity contribution is 0.523. The summed E-state index contributed by atoms with van der Waals surface area (Å²) in [7, 11) is -0.328. The van der Waals surface area contributed by atoms with Crippen LogP contribution in [0.3, 0.4) is 0 Å². The number of nitrogens with one attached hydrogen (secondary N) is 2. The molecule has 0 atom stereocenters. The summed E-state index contributed by atoms with van der Waals surface area (Å²) in [6, 6.07) is 3.44. The van der Waals surface area contributed by atoms with Crippen LogP contribution in [0.5, 0.6) is 0 Å². The molecule has 0 aliphatic heterocycles. The molecule has 0 aromatic carbocycles. The summed E-state index contributed by atoms with van der Waals surface area (Å²) >= 11 is 2.88. The van der Waals surface area contributed by atoms with Crippen molar-refractivity contribution in [3.63, 3.8) is 0 Å². The monoisotopic (exact) mass is 429 g/mol. The SMILES string of the molecule is CCNC(=NCc1ccc(S(=O)(=O)N(C)C)s1)NCc1nc(C(C)C)cs1. The van der Waals surface area contributed by atoms with Gasteiger partial charge in [0.1, 0.15) is 9.22 Å². The number of aromatic nitrogens is 1. The van der Waals surface area contributed by atoms with Gasteiger partial charge in [-0.3, -0.25) is 0 Å². The summed E-state index contributed by atoms with van der Waals surface area (Å²) in [5.41, 5.74) is 1.10. The Kier molecular flexibility index (Phi) is 7.78. The number of hydrogen-bond donors (Lipinski definition) is 2. The molecule has 0 bridgehead atoms. The highest BCUT2D eigenvalue weighted by Gasteiger charge is 2.19. The van der Waals surface area contributed by atoms with Gasteiger partial charge in [0.25, 0.3) is 10.0 Å². The van der Waals surface area contributed by atoms with Gasteiger partial charge in [-0.1, -0.05) is 13.8 Å². The minimum Gasteiger partial charge on any atom is -0.357 e. The number of nitrogens with zero attached hydrogens (tertiary/aromatic N) is 3. The van der Waals surface area contributed by atoms with Gasteiger partial charge in [-0.05, 0) is 25.0 Å². The Balaban J connectivity index is 2.01. The fraction of sp³-hybridized carbons (Fsp3) is 0.529. The second-order valence-electron chi connectivity index (χ2n) is 6.38. The normalized spacial score (nSPS) is 12.8. The fourth-order valence-corrected chi connectivity index (χ4v) is 5.44. The van der Waals surface area contributed by atoms with Gasteiger partial charge >= 0.3 is 0 Å². The Morgan fingerprint density at radius 2 is 2.04 bits per heavy atom. The van der Waals surface area contributed by atoms with Crippen molar-refractivity contribution < 1.29 is 8.42 Å². The standard InChI is InChI=1S/C17H27N5O2S3/c1-6-18-17(20-10-15-21-14(11-25-15)12(2)3)19-9-13-7-8-16(26-13)27(23,24)22(4)5/h7-8,11-12H,6,9-10H2,1-5H3,(H2,18,19,20). The Morgan fingerprint density at radius 1 is 1.30 bits per heavy atom. The summed E-state index contributed by atoms with van der Waals surface area (Å²) < 4.78 is 25.9. The first-order valence-electron chi connectivity index (χ1n) is 8.71. The molecule has 0 unspecified atom stereocenters. The predicted octanol–water partition coefficient (Wildman–Crippen LogP) is 2.83. The van der Waals surface area contributed by atoms with Crippen LogP contribution >= 0.6 is 22.7 Å². The molecular weight excluding hydrogens is 402 g/mol. The molecule has 27 heavy (non-hydrogen) atoms. The van der Waals surface area contributed by atoms with Crippen molar-refractivity contribution in [2.24, 2.45) is 4.99 Å². The molecule has 2 N–H and O–H groups in total. The highest BCUT2D eigenvalue weighted by atomic mass is 32.2. The number of thiophene rings is 1. The number of thiazole rings is 1. The van der Waals surface area contributed by atoms with Crippen molar-refractivity contribution in [2.75, 3.05) is 20.6 Å². The third-order valence-corrected chi connectivity index (χ3v) is 7.90. The Bertz CT molecular complexity index is 869. The van der Waals surface area contributed by atoms with Gasteiger partial charge in [-0.15, -0.1) is 22.7 Å². The quantitative estimate of drug-likeness (QED) is 0.498. The second kappa shape index (κ2) is 9.63. The van der Waals surface area contributed by atoms with Crippen LogP contribution in [0.1, 0.15) is 42.3 Å². The first-order chi connectivity index (χ1) is 12.7. The van der Waals surface area contributed by atoms with Crippen LogP contribution < -0.4 is 10.6 Å². The summed E-state index contributed by atoms with van der Waals surface area (Å²) in [5.74, 6) is 1.10. The van der Waals surface area contributed by atoms with Gasteiger partial charge in [0.2, 0.25) is 0 Å². The van der Waals surface area contributed by atoms with E-state index < -0.39 is 10.0 Å². The van der Waals surface area contributed by atoms with Crippen LogP contribution in [-0.2, 0) is 23.1 Å². The van der Waals surface area contributed by atoms with E-state index in [-0.39, 0.29) is 0 Å². The first kappa shape index (κ1) is 21.8. The molecule has 10 heteroatoms. The molecule has 7 nitrogen and oxygen atoms in total. The number of rotatable bonds is 8.